The van der Waals surface area contributed by atoms with Gasteiger partial charge in [-0.25, -0.2) is 18.7 Å². The van der Waals surface area contributed by atoms with Crippen LogP contribution in [0.4, 0.5) is 20.2 Å². The van der Waals surface area contributed by atoms with Crippen LogP contribution in [-0.4, -0.2) is 38.0 Å². The zero-order valence-corrected chi connectivity index (χ0v) is 33.9. The molecule has 0 radical (unpaired) electrons. The van der Waals surface area contributed by atoms with Gasteiger partial charge in [0, 0.05) is 27.5 Å². The molecule has 2 heterocycles. The van der Waals surface area contributed by atoms with Gasteiger partial charge in [-0.1, -0.05) is 41.9 Å². The molecular weight excluding hydrogens is 802 g/mol. The highest BCUT2D eigenvalue weighted by atomic mass is 35.5. The van der Waals surface area contributed by atoms with Crippen LogP contribution in [0.1, 0.15) is 33.1 Å². The average Bonchev–Trinajstić information content (AvgIpc) is 3.23. The zero-order valence-electron chi connectivity index (χ0n) is 33.1. The summed E-state index contributed by atoms with van der Waals surface area (Å²) in [6.07, 6.45) is 0.0590. The van der Waals surface area contributed by atoms with Gasteiger partial charge in [0.2, 0.25) is 5.91 Å². The molecule has 0 aliphatic heterocycles. The fraction of sp³-hybridized carbons (Fsp3) is 0.106. The van der Waals surface area contributed by atoms with Crippen molar-refractivity contribution in [3.8, 4) is 28.3 Å². The van der Waals surface area contributed by atoms with Crippen molar-refractivity contribution in [2.45, 2.75) is 27.2 Å². The summed E-state index contributed by atoms with van der Waals surface area (Å²) in [6, 6.07) is 29.9. The van der Waals surface area contributed by atoms with Gasteiger partial charge in [0.25, 0.3) is 17.0 Å². The molecule has 304 valence electrons. The average molecular weight is 837 g/mol. The minimum absolute atomic E-state index is 0.0590. The monoisotopic (exact) mass is 836 g/mol. The predicted octanol–water partition coefficient (Wildman–Crippen LogP) is 9.05. The number of rotatable bonds is 9. The van der Waals surface area contributed by atoms with E-state index in [1.54, 1.807) is 99.8 Å². The lowest BCUT2D eigenvalue weighted by molar-refractivity contribution is -0.115. The van der Waals surface area contributed by atoms with Crippen molar-refractivity contribution in [1.82, 2.24) is 19.1 Å². The van der Waals surface area contributed by atoms with E-state index in [9.17, 15) is 28.0 Å². The van der Waals surface area contributed by atoms with Crippen molar-refractivity contribution in [1.29, 1.82) is 0 Å². The molecule has 14 heteroatoms. The zero-order chi connectivity index (χ0) is 43.1. The van der Waals surface area contributed by atoms with Gasteiger partial charge in [0.05, 0.1) is 52.3 Å². The number of anilines is 2. The number of methoxy groups -OCH3 is 1. The van der Waals surface area contributed by atoms with E-state index in [4.69, 9.17) is 26.3 Å². The summed E-state index contributed by atoms with van der Waals surface area (Å²) >= 11 is 6.35. The van der Waals surface area contributed by atoms with Crippen LogP contribution in [0.5, 0.6) is 5.75 Å². The van der Waals surface area contributed by atoms with Gasteiger partial charge in [0.1, 0.15) is 29.0 Å². The van der Waals surface area contributed by atoms with Crippen LogP contribution in [0.25, 0.3) is 44.3 Å². The van der Waals surface area contributed by atoms with E-state index >= 15 is 0 Å². The highest BCUT2D eigenvalue weighted by molar-refractivity contribution is 6.31. The van der Waals surface area contributed by atoms with Crippen LogP contribution in [0.15, 0.2) is 125 Å². The molecule has 0 aliphatic rings. The molecule has 0 atom stereocenters. The summed E-state index contributed by atoms with van der Waals surface area (Å²) in [5.74, 6) is -1.30. The molecule has 0 aliphatic carbocycles. The van der Waals surface area contributed by atoms with E-state index in [1.807, 2.05) is 25.1 Å². The molecule has 0 saturated carbocycles. The fourth-order valence-corrected chi connectivity index (χ4v) is 7.57. The molecule has 2 aromatic heterocycles. The molecule has 8 rings (SSSR count). The summed E-state index contributed by atoms with van der Waals surface area (Å²) in [4.78, 5) is 63.8. The Kier molecular flexibility index (Phi) is 10.7. The van der Waals surface area contributed by atoms with Crippen molar-refractivity contribution in [3.05, 3.63) is 181 Å². The lowest BCUT2D eigenvalue weighted by Gasteiger charge is -2.16. The minimum atomic E-state index is -0.860. The largest absolute Gasteiger partial charge is 0.497 e. The Balaban J connectivity index is 1.09. The van der Waals surface area contributed by atoms with Gasteiger partial charge in [-0.15, -0.1) is 0 Å². The number of hydrogen-bond donors (Lipinski definition) is 2. The van der Waals surface area contributed by atoms with E-state index in [2.05, 4.69) is 10.6 Å². The first-order chi connectivity index (χ1) is 29.3. The minimum Gasteiger partial charge on any atom is -0.497 e. The van der Waals surface area contributed by atoms with E-state index in [0.29, 0.717) is 83.7 Å². The third kappa shape index (κ3) is 7.74. The van der Waals surface area contributed by atoms with Gasteiger partial charge in [-0.2, -0.15) is 0 Å². The SMILES string of the molecule is COc1ccc(CC(=O)Nc2ccc(-n3c(C)nc4c(-c5cccc6c(=O)n(-c7ccc(NC(=O)c8cc(F)ccc8F)cc7)c(C)nc56)cccc4c3=O)cc2C)c(Cl)c1. The Hall–Kier alpha value is -7.51. The first kappa shape index (κ1) is 40.3. The molecule has 2 amide bonds. The molecule has 2 N–H and O–H groups in total. The number of carbonyl (C=O) groups is 2. The van der Waals surface area contributed by atoms with Crippen LogP contribution in [-0.2, 0) is 11.2 Å². The molecule has 0 unspecified atom stereocenters. The molecule has 8 aromatic rings. The number of para-hydroxylation sites is 2. The van der Waals surface area contributed by atoms with Crippen LogP contribution < -0.4 is 26.5 Å². The van der Waals surface area contributed by atoms with Crippen molar-refractivity contribution in [2.24, 2.45) is 0 Å². The van der Waals surface area contributed by atoms with Gasteiger partial charge in [0.15, 0.2) is 0 Å². The van der Waals surface area contributed by atoms with Crippen molar-refractivity contribution in [3.63, 3.8) is 0 Å². The third-order valence-electron chi connectivity index (χ3n) is 10.3. The molecule has 0 spiro atoms. The maximum atomic E-state index is 14.3. The van der Waals surface area contributed by atoms with Crippen molar-refractivity contribution < 1.29 is 23.1 Å². The van der Waals surface area contributed by atoms with Crippen molar-refractivity contribution >= 4 is 56.6 Å². The number of nitrogens with one attached hydrogen (secondary N) is 2. The quantitative estimate of drug-likeness (QED) is 0.148. The Morgan fingerprint density at radius 3 is 1.90 bits per heavy atom. The van der Waals surface area contributed by atoms with Gasteiger partial charge >= 0.3 is 0 Å². The highest BCUT2D eigenvalue weighted by Crippen LogP contribution is 2.32. The van der Waals surface area contributed by atoms with Crippen LogP contribution in [0.2, 0.25) is 5.02 Å². The number of aromatic nitrogens is 4. The van der Waals surface area contributed by atoms with Gasteiger partial charge < -0.3 is 15.4 Å². The Bertz CT molecular complexity index is 3220. The molecule has 0 bridgehead atoms. The van der Waals surface area contributed by atoms with E-state index < -0.39 is 23.1 Å². The number of hydrogen-bond acceptors (Lipinski definition) is 7. The first-order valence-electron chi connectivity index (χ1n) is 19.0. The highest BCUT2D eigenvalue weighted by Gasteiger charge is 2.20. The topological polar surface area (TPSA) is 137 Å². The molecule has 61 heavy (non-hydrogen) atoms. The number of amides is 2. The molecular formula is C47H35ClF2N6O5. The van der Waals surface area contributed by atoms with E-state index in [1.165, 1.54) is 9.13 Å². The summed E-state index contributed by atoms with van der Waals surface area (Å²) < 4.78 is 36.0. The maximum absolute atomic E-state index is 14.3. The number of aryl methyl sites for hydroxylation is 3. The van der Waals surface area contributed by atoms with Crippen LogP contribution in [0, 0.1) is 32.4 Å². The smallest absolute Gasteiger partial charge is 0.265 e. The summed E-state index contributed by atoms with van der Waals surface area (Å²) in [6.45, 7) is 5.27. The number of fused-ring (bicyclic) bond motifs is 2. The number of halogens is 3. The Morgan fingerprint density at radius 1 is 0.705 bits per heavy atom. The van der Waals surface area contributed by atoms with Crippen LogP contribution >= 0.6 is 11.6 Å². The summed E-state index contributed by atoms with van der Waals surface area (Å²) in [5.41, 5.74) is 4.28. The second kappa shape index (κ2) is 16.3. The van der Waals surface area contributed by atoms with Crippen LogP contribution in [0.3, 0.4) is 0 Å². The lowest BCUT2D eigenvalue weighted by atomic mass is 9.99. The molecule has 11 nitrogen and oxygen atoms in total. The number of nitrogens with zero attached hydrogens (tertiary/aromatic N) is 4. The Morgan fingerprint density at radius 2 is 1.31 bits per heavy atom. The van der Waals surface area contributed by atoms with E-state index in [-0.39, 0.29) is 23.4 Å². The first-order valence-corrected chi connectivity index (χ1v) is 19.3. The molecule has 0 saturated heterocycles. The molecule has 0 fully saturated rings. The second-order valence-corrected chi connectivity index (χ2v) is 14.7. The van der Waals surface area contributed by atoms with Gasteiger partial charge in [-0.05, 0) is 117 Å². The lowest BCUT2D eigenvalue weighted by Crippen LogP contribution is -2.23. The molecule has 6 aromatic carbocycles. The number of benzene rings is 6. The Labute approximate surface area is 351 Å². The summed E-state index contributed by atoms with van der Waals surface area (Å²) in [7, 11) is 1.54. The normalized spacial score (nSPS) is 11.2. The maximum Gasteiger partial charge on any atom is 0.265 e. The standard InChI is InChI=1S/C47H35ClF2N6O5/c1-25-21-32(17-20-41(25)54-42(57)22-28-11-18-33(61-4)24-39(28)48)56-27(3)52-44-35(8-6-10-37(44)47(56)60)34-7-5-9-36-43(34)51-26(2)55(46(36)59)31-15-13-30(14-16-31)53-45(58)38-23-29(49)12-19-40(38)50/h5-21,23-24H,22H2,1-4H3,(H,53,58)(H,54,57). The third-order valence-corrected chi connectivity index (χ3v) is 10.7. The van der Waals surface area contributed by atoms with Gasteiger partial charge in [-0.3, -0.25) is 28.3 Å². The fourth-order valence-electron chi connectivity index (χ4n) is 7.33. The summed E-state index contributed by atoms with van der Waals surface area (Å²) in [5, 5.41) is 6.58. The predicted molar refractivity (Wildman–Crippen MR) is 233 cm³/mol. The van der Waals surface area contributed by atoms with Crippen molar-refractivity contribution in [2.75, 3.05) is 17.7 Å². The van der Waals surface area contributed by atoms with E-state index in [0.717, 1.165) is 23.8 Å². The second-order valence-electron chi connectivity index (χ2n) is 14.3. The number of carbonyl (C=O) groups excluding carboxylic acids is 2. The number of ether oxygens (including phenoxy) is 1.